The molecule has 0 aliphatic rings. The van der Waals surface area contributed by atoms with Crippen molar-refractivity contribution in [1.82, 2.24) is 10.2 Å². The summed E-state index contributed by atoms with van der Waals surface area (Å²) in [6.45, 7) is 3.88. The highest BCUT2D eigenvalue weighted by molar-refractivity contribution is 6.20. The first-order chi connectivity index (χ1) is 7.30. The summed E-state index contributed by atoms with van der Waals surface area (Å²) in [5.74, 6) is 0.241. The average Bonchev–Trinajstić information content (AvgIpc) is 2.17. The lowest BCUT2D eigenvalue weighted by Crippen LogP contribution is -2.14. The second-order valence-corrected chi connectivity index (χ2v) is 4.43. The summed E-state index contributed by atoms with van der Waals surface area (Å²) in [5, 5.41) is 6.49. The molecule has 0 N–H and O–H groups in total. The van der Waals surface area contributed by atoms with E-state index in [1.807, 2.05) is 13.8 Å². The van der Waals surface area contributed by atoms with Crippen LogP contribution < -0.4 is 0 Å². The Bertz CT molecular complexity index is 335. The first-order valence-corrected chi connectivity index (χ1v) is 5.28. The third-order valence-electron chi connectivity index (χ3n) is 2.14. The molecule has 1 aromatic heterocycles. The number of hydrogen-bond donors (Lipinski definition) is 0. The molecule has 1 atom stereocenters. The minimum atomic E-state index is -4.44. The Kier molecular flexibility index (Phi) is 4.13. The van der Waals surface area contributed by atoms with Crippen molar-refractivity contribution < 1.29 is 13.2 Å². The lowest BCUT2D eigenvalue weighted by Gasteiger charge is -2.12. The fourth-order valence-electron chi connectivity index (χ4n) is 1.06. The van der Waals surface area contributed by atoms with Gasteiger partial charge in [-0.2, -0.15) is 18.3 Å². The number of nitrogens with zero attached hydrogens (tertiary/aromatic N) is 2. The van der Waals surface area contributed by atoms with Gasteiger partial charge in [0.15, 0.2) is 5.69 Å². The molecule has 1 aromatic rings. The van der Waals surface area contributed by atoms with Crippen LogP contribution in [-0.4, -0.2) is 15.6 Å². The molecule has 16 heavy (non-hydrogen) atoms. The van der Waals surface area contributed by atoms with Crippen LogP contribution in [0.2, 0.25) is 0 Å². The normalized spacial score (nSPS) is 14.2. The maximum absolute atomic E-state index is 12.2. The van der Waals surface area contributed by atoms with E-state index < -0.39 is 11.9 Å². The molecule has 1 heterocycles. The minimum absolute atomic E-state index is 0.147. The van der Waals surface area contributed by atoms with Gasteiger partial charge in [-0.15, -0.1) is 16.7 Å². The van der Waals surface area contributed by atoms with Crippen molar-refractivity contribution in [3.05, 3.63) is 23.5 Å². The Labute approximate surface area is 96.8 Å². The quantitative estimate of drug-likeness (QED) is 0.772. The minimum Gasteiger partial charge on any atom is -0.164 e. The van der Waals surface area contributed by atoms with Crippen molar-refractivity contribution in [2.24, 2.45) is 5.92 Å². The van der Waals surface area contributed by atoms with Crippen molar-refractivity contribution in [1.29, 1.82) is 0 Å². The summed E-state index contributed by atoms with van der Waals surface area (Å²) in [5.41, 5.74) is -0.506. The zero-order chi connectivity index (χ0) is 12.3. The molecule has 0 spiro atoms. The van der Waals surface area contributed by atoms with Crippen LogP contribution >= 0.6 is 11.6 Å². The van der Waals surface area contributed by atoms with Crippen LogP contribution in [0.1, 0.15) is 25.2 Å². The fourth-order valence-corrected chi connectivity index (χ4v) is 1.21. The van der Waals surface area contributed by atoms with E-state index in [-0.39, 0.29) is 11.3 Å². The summed E-state index contributed by atoms with van der Waals surface area (Å²) >= 11 is 5.99. The molecule has 0 bridgehead atoms. The first-order valence-electron chi connectivity index (χ1n) is 4.84. The van der Waals surface area contributed by atoms with Gasteiger partial charge in [-0.25, -0.2) is 0 Å². The second-order valence-electron chi connectivity index (χ2n) is 3.87. The monoisotopic (exact) mass is 252 g/mol. The Morgan fingerprint density at radius 2 is 1.88 bits per heavy atom. The summed E-state index contributed by atoms with van der Waals surface area (Å²) < 4.78 is 36.5. The van der Waals surface area contributed by atoms with Gasteiger partial charge in [-0.3, -0.25) is 0 Å². The Hall–Kier alpha value is -0.840. The number of halogens is 4. The molecule has 6 heteroatoms. The predicted octanol–water partition coefficient (Wildman–Crippen LogP) is 3.30. The van der Waals surface area contributed by atoms with E-state index in [4.69, 9.17) is 11.6 Å². The number of hydrogen-bond acceptors (Lipinski definition) is 2. The average molecular weight is 253 g/mol. The third-order valence-corrected chi connectivity index (χ3v) is 2.80. The van der Waals surface area contributed by atoms with Gasteiger partial charge in [0, 0.05) is 11.8 Å². The Morgan fingerprint density at radius 3 is 2.25 bits per heavy atom. The molecule has 1 unspecified atom stereocenters. The van der Waals surface area contributed by atoms with E-state index in [2.05, 4.69) is 10.2 Å². The van der Waals surface area contributed by atoms with E-state index in [0.29, 0.717) is 12.1 Å². The van der Waals surface area contributed by atoms with Gasteiger partial charge in [0.2, 0.25) is 0 Å². The molecule has 90 valence electrons. The van der Waals surface area contributed by atoms with Crippen LogP contribution in [0.5, 0.6) is 0 Å². The predicted molar refractivity (Wildman–Crippen MR) is 55.2 cm³/mol. The number of aromatic nitrogens is 2. The lowest BCUT2D eigenvalue weighted by molar-refractivity contribution is -0.141. The van der Waals surface area contributed by atoms with Crippen molar-refractivity contribution in [2.75, 3.05) is 0 Å². The maximum Gasteiger partial charge on any atom is 0.435 e. The van der Waals surface area contributed by atoms with E-state index in [1.165, 1.54) is 6.07 Å². The molecule has 0 aromatic carbocycles. The molecule has 0 saturated heterocycles. The van der Waals surface area contributed by atoms with Gasteiger partial charge in [-0.1, -0.05) is 13.8 Å². The third kappa shape index (κ3) is 3.63. The Morgan fingerprint density at radius 1 is 1.25 bits per heavy atom. The van der Waals surface area contributed by atoms with Crippen LogP contribution in [0.25, 0.3) is 0 Å². The highest BCUT2D eigenvalue weighted by atomic mass is 35.5. The molecule has 0 radical (unpaired) electrons. The van der Waals surface area contributed by atoms with Gasteiger partial charge in [0.1, 0.15) is 0 Å². The van der Waals surface area contributed by atoms with E-state index in [1.54, 1.807) is 0 Å². The van der Waals surface area contributed by atoms with Crippen molar-refractivity contribution in [2.45, 2.75) is 31.8 Å². The lowest BCUT2D eigenvalue weighted by atomic mass is 10.1. The summed E-state index contributed by atoms with van der Waals surface area (Å²) in [4.78, 5) is 0. The van der Waals surface area contributed by atoms with Gasteiger partial charge < -0.3 is 0 Å². The van der Waals surface area contributed by atoms with Crippen LogP contribution in [0.4, 0.5) is 13.2 Å². The van der Waals surface area contributed by atoms with Gasteiger partial charge in [-0.05, 0) is 18.1 Å². The highest BCUT2D eigenvalue weighted by Gasteiger charge is 2.32. The second kappa shape index (κ2) is 4.99. The highest BCUT2D eigenvalue weighted by Crippen LogP contribution is 2.26. The largest absolute Gasteiger partial charge is 0.435 e. The maximum atomic E-state index is 12.2. The molecule has 1 rings (SSSR count). The van der Waals surface area contributed by atoms with Crippen LogP contribution in [0.3, 0.4) is 0 Å². The molecule has 0 amide bonds. The zero-order valence-corrected chi connectivity index (χ0v) is 9.68. The van der Waals surface area contributed by atoms with E-state index in [0.717, 1.165) is 6.07 Å². The van der Waals surface area contributed by atoms with Crippen molar-refractivity contribution >= 4 is 11.6 Å². The standard InChI is InChI=1S/C10H12ClF3N2/c1-6(2)8(11)5-7-3-4-9(16-15-7)10(12,13)14/h3-4,6,8H,5H2,1-2H3. The fraction of sp³-hybridized carbons (Fsp3) is 0.600. The zero-order valence-electron chi connectivity index (χ0n) is 8.92. The summed E-state index contributed by atoms with van der Waals surface area (Å²) in [6.07, 6.45) is -4.02. The van der Waals surface area contributed by atoms with Gasteiger partial charge >= 0.3 is 6.18 Å². The smallest absolute Gasteiger partial charge is 0.164 e. The van der Waals surface area contributed by atoms with E-state index in [9.17, 15) is 13.2 Å². The molecule has 2 nitrogen and oxygen atoms in total. The van der Waals surface area contributed by atoms with Crippen molar-refractivity contribution in [3.63, 3.8) is 0 Å². The number of alkyl halides is 4. The Balaban J connectivity index is 2.72. The van der Waals surface area contributed by atoms with Gasteiger partial charge in [0.05, 0.1) is 5.69 Å². The SMILES string of the molecule is CC(C)C(Cl)Cc1ccc(C(F)(F)F)nn1. The van der Waals surface area contributed by atoms with Crippen LogP contribution in [-0.2, 0) is 12.6 Å². The molecule has 0 aliphatic carbocycles. The van der Waals surface area contributed by atoms with Gasteiger partial charge in [0.25, 0.3) is 0 Å². The summed E-state index contributed by atoms with van der Waals surface area (Å²) in [7, 11) is 0. The summed E-state index contributed by atoms with van der Waals surface area (Å²) in [6, 6.07) is 2.24. The molecule has 0 aliphatic heterocycles. The molecule has 0 saturated carbocycles. The molecule has 0 fully saturated rings. The van der Waals surface area contributed by atoms with Crippen LogP contribution in [0.15, 0.2) is 12.1 Å². The van der Waals surface area contributed by atoms with Crippen molar-refractivity contribution in [3.8, 4) is 0 Å². The first kappa shape index (κ1) is 13.2. The number of rotatable bonds is 3. The van der Waals surface area contributed by atoms with Crippen LogP contribution in [0, 0.1) is 5.92 Å². The molecular weight excluding hydrogens is 241 g/mol. The molecular formula is C10H12ClF3N2. The van der Waals surface area contributed by atoms with E-state index >= 15 is 0 Å². The topological polar surface area (TPSA) is 25.8 Å².